The number of hydrogen-bond donors (Lipinski definition) is 1. The first kappa shape index (κ1) is 11.2. The summed E-state index contributed by atoms with van der Waals surface area (Å²) in [6.45, 7) is 1.91. The number of hydrogen-bond acceptors (Lipinski definition) is 5. The smallest absolute Gasteiger partial charge is 0.188 e. The van der Waals surface area contributed by atoms with Crippen molar-refractivity contribution in [2.75, 3.05) is 5.32 Å². The van der Waals surface area contributed by atoms with E-state index in [1.807, 2.05) is 13.0 Å². The number of anilines is 2. The largest absolute Gasteiger partial charge is 0.315 e. The van der Waals surface area contributed by atoms with Crippen molar-refractivity contribution >= 4 is 22.3 Å². The van der Waals surface area contributed by atoms with Crippen LogP contribution in [0.15, 0.2) is 17.6 Å². The summed E-state index contributed by atoms with van der Waals surface area (Å²) in [7, 11) is 0. The molecule has 90 valence electrons. The highest BCUT2D eigenvalue weighted by molar-refractivity contribution is 7.13. The van der Waals surface area contributed by atoms with Crippen LogP contribution < -0.4 is 5.32 Å². The third-order valence-corrected chi connectivity index (χ3v) is 3.79. The minimum atomic E-state index is 0.584. The summed E-state index contributed by atoms with van der Waals surface area (Å²) in [5.41, 5.74) is 2.67. The number of nitriles is 1. The van der Waals surface area contributed by atoms with E-state index in [-0.39, 0.29) is 0 Å². The van der Waals surface area contributed by atoms with Gasteiger partial charge in [0.15, 0.2) is 5.13 Å². The van der Waals surface area contributed by atoms with E-state index < -0.39 is 0 Å². The van der Waals surface area contributed by atoms with E-state index >= 15 is 0 Å². The second-order valence-corrected chi connectivity index (χ2v) is 5.30. The zero-order chi connectivity index (χ0) is 12.5. The number of rotatable bonds is 3. The molecule has 0 aliphatic heterocycles. The van der Waals surface area contributed by atoms with Crippen LogP contribution in [0, 0.1) is 18.3 Å². The zero-order valence-electron chi connectivity index (χ0n) is 9.97. The summed E-state index contributed by atoms with van der Waals surface area (Å²) in [5, 5.41) is 15.2. The van der Waals surface area contributed by atoms with Crippen molar-refractivity contribution in [3.8, 4) is 6.07 Å². The Labute approximate surface area is 109 Å². The Kier molecular flexibility index (Phi) is 2.73. The quantitative estimate of drug-likeness (QED) is 0.914. The fourth-order valence-corrected chi connectivity index (χ4v) is 2.60. The number of nitrogens with zero attached hydrogens (tertiary/aromatic N) is 3. The van der Waals surface area contributed by atoms with Gasteiger partial charge in [-0.3, -0.25) is 0 Å². The van der Waals surface area contributed by atoms with Gasteiger partial charge in [-0.05, 0) is 31.4 Å². The Morgan fingerprint density at radius 1 is 1.50 bits per heavy atom. The van der Waals surface area contributed by atoms with Crippen LogP contribution >= 0.6 is 11.3 Å². The van der Waals surface area contributed by atoms with Crippen LogP contribution in [-0.4, -0.2) is 9.97 Å². The van der Waals surface area contributed by atoms with Crippen LogP contribution in [0.1, 0.15) is 35.6 Å². The summed E-state index contributed by atoms with van der Waals surface area (Å²) >= 11 is 1.57. The molecule has 0 bridgehead atoms. The monoisotopic (exact) mass is 256 g/mol. The van der Waals surface area contributed by atoms with Gasteiger partial charge in [-0.2, -0.15) is 5.26 Å². The van der Waals surface area contributed by atoms with Gasteiger partial charge in [-0.15, -0.1) is 11.3 Å². The van der Waals surface area contributed by atoms with Gasteiger partial charge in [-0.1, -0.05) is 0 Å². The molecule has 2 aromatic rings. The molecule has 0 spiro atoms. The molecule has 2 aromatic heterocycles. The van der Waals surface area contributed by atoms with Gasteiger partial charge in [0, 0.05) is 17.5 Å². The molecular formula is C13H12N4S. The van der Waals surface area contributed by atoms with E-state index in [9.17, 15) is 0 Å². The zero-order valence-corrected chi connectivity index (χ0v) is 10.8. The third-order valence-electron chi connectivity index (χ3n) is 3.01. The summed E-state index contributed by atoms with van der Waals surface area (Å²) < 4.78 is 0. The highest BCUT2D eigenvalue weighted by Gasteiger charge is 2.26. The maximum absolute atomic E-state index is 9.13. The van der Waals surface area contributed by atoms with Gasteiger partial charge in [0.05, 0.1) is 11.3 Å². The SMILES string of the molecule is Cc1ccnc(Nc2nc(C3CC3)cs2)c1C#N. The number of aryl methyl sites for hydroxylation is 1. The number of thiazole rings is 1. The molecule has 1 aliphatic carbocycles. The minimum Gasteiger partial charge on any atom is -0.315 e. The van der Waals surface area contributed by atoms with E-state index in [0.29, 0.717) is 17.3 Å². The summed E-state index contributed by atoms with van der Waals surface area (Å²) in [4.78, 5) is 8.74. The molecule has 0 atom stereocenters. The van der Waals surface area contributed by atoms with Crippen LogP contribution in [-0.2, 0) is 0 Å². The van der Waals surface area contributed by atoms with Crippen molar-refractivity contribution in [3.63, 3.8) is 0 Å². The van der Waals surface area contributed by atoms with Crippen LogP contribution in [0.4, 0.5) is 10.9 Å². The third kappa shape index (κ3) is 2.07. The normalized spacial score (nSPS) is 14.2. The van der Waals surface area contributed by atoms with Gasteiger partial charge in [0.2, 0.25) is 0 Å². The van der Waals surface area contributed by atoms with Gasteiger partial charge < -0.3 is 5.32 Å². The molecule has 0 saturated heterocycles. The molecule has 5 heteroatoms. The van der Waals surface area contributed by atoms with E-state index in [2.05, 4.69) is 26.7 Å². The van der Waals surface area contributed by atoms with Gasteiger partial charge in [0.25, 0.3) is 0 Å². The molecule has 2 heterocycles. The first-order valence-corrected chi connectivity index (χ1v) is 6.74. The van der Waals surface area contributed by atoms with Gasteiger partial charge >= 0.3 is 0 Å². The molecule has 1 saturated carbocycles. The van der Waals surface area contributed by atoms with Crippen LogP contribution in [0.25, 0.3) is 0 Å². The molecule has 4 nitrogen and oxygen atoms in total. The number of nitrogens with one attached hydrogen (secondary N) is 1. The van der Waals surface area contributed by atoms with Crippen LogP contribution in [0.5, 0.6) is 0 Å². The predicted octanol–water partition coefficient (Wildman–Crippen LogP) is 3.34. The van der Waals surface area contributed by atoms with Gasteiger partial charge in [-0.25, -0.2) is 9.97 Å². The highest BCUT2D eigenvalue weighted by atomic mass is 32.1. The second-order valence-electron chi connectivity index (χ2n) is 4.44. The van der Waals surface area contributed by atoms with Crippen molar-refractivity contribution in [1.82, 2.24) is 9.97 Å². The van der Waals surface area contributed by atoms with E-state index in [1.54, 1.807) is 17.5 Å². The lowest BCUT2D eigenvalue weighted by molar-refractivity contribution is 1.05. The standard InChI is InChI=1S/C13H12N4S/c1-8-4-5-15-12(10(8)6-14)17-13-16-11(7-18-13)9-2-3-9/h4-5,7,9H,2-3H2,1H3,(H,15,16,17). The molecule has 3 rings (SSSR count). The Morgan fingerprint density at radius 2 is 2.33 bits per heavy atom. The average Bonchev–Trinajstić information content (AvgIpc) is 3.11. The summed E-state index contributed by atoms with van der Waals surface area (Å²) in [6, 6.07) is 4.01. The van der Waals surface area contributed by atoms with Crippen molar-refractivity contribution in [3.05, 3.63) is 34.5 Å². The average molecular weight is 256 g/mol. The number of aromatic nitrogens is 2. The Hall–Kier alpha value is -1.93. The minimum absolute atomic E-state index is 0.584. The first-order chi connectivity index (χ1) is 8.78. The summed E-state index contributed by atoms with van der Waals surface area (Å²) in [5.74, 6) is 1.24. The molecule has 0 amide bonds. The maximum Gasteiger partial charge on any atom is 0.188 e. The lowest BCUT2D eigenvalue weighted by atomic mass is 10.1. The molecule has 0 radical (unpaired) electrons. The van der Waals surface area contributed by atoms with Crippen molar-refractivity contribution in [2.24, 2.45) is 0 Å². The highest BCUT2D eigenvalue weighted by Crippen LogP contribution is 2.41. The van der Waals surface area contributed by atoms with Crippen LogP contribution in [0.3, 0.4) is 0 Å². The van der Waals surface area contributed by atoms with Crippen molar-refractivity contribution < 1.29 is 0 Å². The number of pyridine rings is 1. The molecule has 1 aliphatic rings. The summed E-state index contributed by atoms with van der Waals surface area (Å²) in [6.07, 6.45) is 4.19. The molecule has 1 N–H and O–H groups in total. The van der Waals surface area contributed by atoms with Gasteiger partial charge in [0.1, 0.15) is 11.9 Å². The fourth-order valence-electron chi connectivity index (χ4n) is 1.81. The van der Waals surface area contributed by atoms with E-state index in [4.69, 9.17) is 5.26 Å². The Balaban J connectivity index is 1.87. The van der Waals surface area contributed by atoms with E-state index in [0.717, 1.165) is 16.4 Å². The first-order valence-electron chi connectivity index (χ1n) is 5.86. The van der Waals surface area contributed by atoms with Crippen molar-refractivity contribution in [1.29, 1.82) is 5.26 Å². The maximum atomic E-state index is 9.13. The van der Waals surface area contributed by atoms with Crippen molar-refractivity contribution in [2.45, 2.75) is 25.7 Å². The lowest BCUT2D eigenvalue weighted by Gasteiger charge is -2.05. The fraction of sp³-hybridized carbons (Fsp3) is 0.308. The lowest BCUT2D eigenvalue weighted by Crippen LogP contribution is -1.98. The second kappa shape index (κ2) is 4.39. The van der Waals surface area contributed by atoms with Crippen LogP contribution in [0.2, 0.25) is 0 Å². The topological polar surface area (TPSA) is 61.6 Å². The molecule has 0 aromatic carbocycles. The predicted molar refractivity (Wildman–Crippen MR) is 71.1 cm³/mol. The molecular weight excluding hydrogens is 244 g/mol. The molecule has 0 unspecified atom stereocenters. The molecule has 18 heavy (non-hydrogen) atoms. The Bertz CT molecular complexity index is 622. The molecule has 1 fully saturated rings. The van der Waals surface area contributed by atoms with E-state index in [1.165, 1.54) is 12.8 Å². The Morgan fingerprint density at radius 3 is 3.06 bits per heavy atom.